The summed E-state index contributed by atoms with van der Waals surface area (Å²) in [6.45, 7) is 0. The Hall–Kier alpha value is -2.97. The van der Waals surface area contributed by atoms with Crippen LogP contribution in [0.2, 0.25) is 0 Å². The highest BCUT2D eigenvalue weighted by atomic mass is 32.2. The number of aromatic nitrogens is 2. The molecule has 8 heteroatoms. The van der Waals surface area contributed by atoms with Gasteiger partial charge in [-0.25, -0.2) is 9.37 Å². The summed E-state index contributed by atoms with van der Waals surface area (Å²) in [5.74, 6) is -0.647. The number of halogens is 1. The van der Waals surface area contributed by atoms with E-state index < -0.39 is 5.25 Å². The average molecular weight is 466 g/mol. The number of aromatic amines is 1. The normalized spacial score (nSPS) is 14.2. The molecule has 5 nitrogen and oxygen atoms in total. The maximum absolute atomic E-state index is 13.2. The molecule has 0 spiro atoms. The Bertz CT molecular complexity index is 1330. The van der Waals surface area contributed by atoms with Gasteiger partial charge < -0.3 is 10.3 Å². The van der Waals surface area contributed by atoms with Gasteiger partial charge in [0.15, 0.2) is 5.16 Å². The van der Waals surface area contributed by atoms with Crippen LogP contribution in [-0.4, -0.2) is 15.9 Å². The molecule has 1 atom stereocenters. The van der Waals surface area contributed by atoms with Gasteiger partial charge in [-0.1, -0.05) is 42.1 Å². The minimum Gasteiger partial charge on any atom is -0.325 e. The van der Waals surface area contributed by atoms with Crippen molar-refractivity contribution in [1.29, 1.82) is 0 Å². The molecule has 2 aromatic carbocycles. The van der Waals surface area contributed by atoms with E-state index in [1.165, 1.54) is 40.9 Å². The topological polar surface area (TPSA) is 74.8 Å². The highest BCUT2D eigenvalue weighted by Crippen LogP contribution is 2.37. The summed E-state index contributed by atoms with van der Waals surface area (Å²) in [5, 5.41) is 3.30. The smallest absolute Gasteiger partial charge is 0.260 e. The molecule has 2 heterocycles. The van der Waals surface area contributed by atoms with Gasteiger partial charge in [-0.3, -0.25) is 9.59 Å². The first-order chi connectivity index (χ1) is 15.6. The number of nitrogens with one attached hydrogen (secondary N) is 2. The van der Waals surface area contributed by atoms with Crippen molar-refractivity contribution in [3.05, 3.63) is 86.8 Å². The Morgan fingerprint density at radius 1 is 1.09 bits per heavy atom. The van der Waals surface area contributed by atoms with Gasteiger partial charge in [0, 0.05) is 10.6 Å². The van der Waals surface area contributed by atoms with Crippen molar-refractivity contribution in [2.45, 2.75) is 36.1 Å². The number of carbonyl (C=O) groups excluding carboxylic acids is 1. The van der Waals surface area contributed by atoms with Gasteiger partial charge in [0.2, 0.25) is 5.91 Å². The summed E-state index contributed by atoms with van der Waals surface area (Å²) >= 11 is 2.78. The van der Waals surface area contributed by atoms with Crippen molar-refractivity contribution >= 4 is 44.9 Å². The van der Waals surface area contributed by atoms with Crippen LogP contribution in [-0.2, 0) is 17.6 Å². The van der Waals surface area contributed by atoms with Crippen molar-refractivity contribution in [2.24, 2.45) is 0 Å². The molecule has 0 saturated carbocycles. The number of nitrogens with zero attached hydrogens (tertiary/aromatic N) is 1. The Morgan fingerprint density at radius 3 is 2.62 bits per heavy atom. The third kappa shape index (κ3) is 4.20. The predicted octanol–water partition coefficient (Wildman–Crippen LogP) is 5.47. The van der Waals surface area contributed by atoms with Gasteiger partial charge >= 0.3 is 0 Å². The number of H-pyrrole nitrogens is 1. The van der Waals surface area contributed by atoms with Crippen LogP contribution in [0.5, 0.6) is 0 Å². The first-order valence-electron chi connectivity index (χ1n) is 10.4. The second-order valence-electron chi connectivity index (χ2n) is 7.67. The number of thioether (sulfide) groups is 1. The second-order valence-corrected chi connectivity index (χ2v) is 9.84. The van der Waals surface area contributed by atoms with Gasteiger partial charge in [-0.2, -0.15) is 0 Å². The van der Waals surface area contributed by atoms with Crippen LogP contribution in [0.4, 0.5) is 10.1 Å². The Morgan fingerprint density at radius 2 is 1.84 bits per heavy atom. The summed E-state index contributed by atoms with van der Waals surface area (Å²) in [6.07, 6.45) is 4.14. The summed E-state index contributed by atoms with van der Waals surface area (Å²) in [5.41, 5.74) is 2.27. The van der Waals surface area contributed by atoms with Crippen molar-refractivity contribution in [1.82, 2.24) is 9.97 Å². The maximum Gasteiger partial charge on any atom is 0.260 e. The lowest BCUT2D eigenvalue weighted by Crippen LogP contribution is -2.20. The number of amides is 1. The zero-order valence-electron chi connectivity index (χ0n) is 17.1. The van der Waals surface area contributed by atoms with Gasteiger partial charge in [-0.05, 0) is 61.1 Å². The number of thiophene rings is 1. The molecule has 162 valence electrons. The molecule has 1 aliphatic carbocycles. The fraction of sp³-hybridized carbons (Fsp3) is 0.208. The number of hydrogen-bond donors (Lipinski definition) is 2. The first-order valence-corrected chi connectivity index (χ1v) is 12.1. The number of rotatable bonds is 5. The number of benzene rings is 2. The molecular weight excluding hydrogens is 445 g/mol. The molecule has 32 heavy (non-hydrogen) atoms. The Kier molecular flexibility index (Phi) is 5.80. The van der Waals surface area contributed by atoms with Gasteiger partial charge in [0.25, 0.3) is 5.56 Å². The highest BCUT2D eigenvalue weighted by Gasteiger charge is 2.25. The molecule has 0 aliphatic heterocycles. The molecule has 5 rings (SSSR count). The number of fused-ring (bicyclic) bond motifs is 3. The SMILES string of the molecule is O=C(Nc1ccc(F)cc1)C(Sc1nc2sc3c(c2c(=O)[nH]1)CCCC3)c1ccccc1. The van der Waals surface area contributed by atoms with Crippen LogP contribution in [0.25, 0.3) is 10.2 Å². The zero-order chi connectivity index (χ0) is 22.1. The molecule has 1 aliphatic rings. The third-order valence-corrected chi connectivity index (χ3v) is 7.81. The molecule has 2 aromatic heterocycles. The van der Waals surface area contributed by atoms with Crippen molar-refractivity contribution in [2.75, 3.05) is 5.32 Å². The minimum absolute atomic E-state index is 0.150. The van der Waals surface area contributed by atoms with Crippen molar-refractivity contribution < 1.29 is 9.18 Å². The summed E-state index contributed by atoms with van der Waals surface area (Å²) in [6, 6.07) is 15.0. The van der Waals surface area contributed by atoms with E-state index in [0.29, 0.717) is 16.2 Å². The van der Waals surface area contributed by atoms with E-state index in [-0.39, 0.29) is 17.3 Å². The van der Waals surface area contributed by atoms with Crippen LogP contribution in [0.3, 0.4) is 0 Å². The van der Waals surface area contributed by atoms with Gasteiger partial charge in [0.05, 0.1) is 5.39 Å². The van der Waals surface area contributed by atoms with Gasteiger partial charge in [0.1, 0.15) is 15.9 Å². The lowest BCUT2D eigenvalue weighted by molar-refractivity contribution is -0.115. The van der Waals surface area contributed by atoms with Crippen molar-refractivity contribution in [3.63, 3.8) is 0 Å². The van der Waals surface area contributed by atoms with E-state index in [4.69, 9.17) is 4.98 Å². The molecule has 0 fully saturated rings. The largest absolute Gasteiger partial charge is 0.325 e. The minimum atomic E-state index is -0.642. The lowest BCUT2D eigenvalue weighted by atomic mass is 9.97. The summed E-state index contributed by atoms with van der Waals surface area (Å²) in [7, 11) is 0. The number of anilines is 1. The van der Waals surface area contributed by atoms with E-state index in [2.05, 4.69) is 10.3 Å². The molecular formula is C24H20FN3O2S2. The first kappa shape index (κ1) is 20.9. The fourth-order valence-electron chi connectivity index (χ4n) is 3.95. The van der Waals surface area contributed by atoms with Crippen LogP contribution in [0, 0.1) is 5.82 Å². The molecule has 1 amide bonds. The van der Waals surface area contributed by atoms with E-state index in [1.807, 2.05) is 30.3 Å². The van der Waals surface area contributed by atoms with Gasteiger partial charge in [-0.15, -0.1) is 11.3 Å². The molecule has 4 aromatic rings. The standard InChI is InChI=1S/C24H20FN3O2S2/c25-15-10-12-16(13-11-15)26-22(30)20(14-6-2-1-3-7-14)32-24-27-21(29)19-17-8-4-5-9-18(17)31-23(19)28-24/h1-3,6-7,10-13,20H,4-5,8-9H2,(H,26,30)(H,27,28,29). The van der Waals surface area contributed by atoms with E-state index >= 15 is 0 Å². The summed E-state index contributed by atoms with van der Waals surface area (Å²) < 4.78 is 13.2. The highest BCUT2D eigenvalue weighted by molar-refractivity contribution is 8.00. The van der Waals surface area contributed by atoms with Crippen LogP contribution < -0.4 is 10.9 Å². The molecule has 2 N–H and O–H groups in total. The lowest BCUT2D eigenvalue weighted by Gasteiger charge is -2.16. The monoisotopic (exact) mass is 465 g/mol. The Balaban J connectivity index is 1.48. The van der Waals surface area contributed by atoms with E-state index in [1.54, 1.807) is 11.3 Å². The third-order valence-electron chi connectivity index (χ3n) is 5.49. The molecule has 0 radical (unpaired) electrons. The molecule has 0 saturated heterocycles. The van der Waals surface area contributed by atoms with Crippen LogP contribution in [0.1, 0.15) is 34.1 Å². The van der Waals surface area contributed by atoms with E-state index in [9.17, 15) is 14.0 Å². The average Bonchev–Trinajstić information content (AvgIpc) is 3.18. The number of carbonyl (C=O) groups is 1. The fourth-order valence-corrected chi connectivity index (χ4v) is 6.25. The summed E-state index contributed by atoms with van der Waals surface area (Å²) in [4.78, 5) is 35.6. The number of hydrogen-bond acceptors (Lipinski definition) is 5. The molecule has 1 unspecified atom stereocenters. The van der Waals surface area contributed by atoms with Crippen molar-refractivity contribution in [3.8, 4) is 0 Å². The maximum atomic E-state index is 13.2. The molecule has 0 bridgehead atoms. The number of aryl methyl sites for hydroxylation is 2. The predicted molar refractivity (Wildman–Crippen MR) is 127 cm³/mol. The van der Waals surface area contributed by atoms with Crippen LogP contribution in [0.15, 0.2) is 64.5 Å². The van der Waals surface area contributed by atoms with Crippen LogP contribution >= 0.6 is 23.1 Å². The zero-order valence-corrected chi connectivity index (χ0v) is 18.7. The Labute approximate surface area is 192 Å². The second kappa shape index (κ2) is 8.88. The van der Waals surface area contributed by atoms with E-state index in [0.717, 1.165) is 41.6 Å². The quantitative estimate of drug-likeness (QED) is 0.303.